The van der Waals surface area contributed by atoms with E-state index in [0.717, 1.165) is 16.8 Å². The van der Waals surface area contributed by atoms with Gasteiger partial charge in [0.25, 0.3) is 0 Å². The molecule has 0 bridgehead atoms. The fraction of sp³-hybridized carbons (Fsp3) is 0.133. The van der Waals surface area contributed by atoms with Crippen LogP contribution in [0.2, 0.25) is 5.02 Å². The van der Waals surface area contributed by atoms with E-state index >= 15 is 0 Å². The molecule has 0 spiro atoms. The summed E-state index contributed by atoms with van der Waals surface area (Å²) in [5.41, 5.74) is 3.19. The van der Waals surface area contributed by atoms with Gasteiger partial charge in [0.05, 0.1) is 17.9 Å². The zero-order valence-electron chi connectivity index (χ0n) is 10.2. The summed E-state index contributed by atoms with van der Waals surface area (Å²) in [6, 6.07) is 14.9. The number of halogens is 1. The zero-order valence-corrected chi connectivity index (χ0v) is 11.0. The van der Waals surface area contributed by atoms with Gasteiger partial charge in [-0.1, -0.05) is 35.9 Å². The van der Waals surface area contributed by atoms with Crippen LogP contribution in [0.3, 0.4) is 0 Å². The van der Waals surface area contributed by atoms with Gasteiger partial charge in [-0.15, -0.1) is 0 Å². The van der Waals surface area contributed by atoms with Gasteiger partial charge in [0.15, 0.2) is 0 Å². The highest BCUT2D eigenvalue weighted by atomic mass is 35.5. The normalized spacial score (nSPS) is 9.95. The second-order valence-electron chi connectivity index (χ2n) is 4.13. The van der Waals surface area contributed by atoms with Crippen LogP contribution in [-0.2, 0) is 13.2 Å². The van der Waals surface area contributed by atoms with Crippen LogP contribution in [-0.4, -0.2) is 5.11 Å². The molecule has 0 saturated heterocycles. The minimum absolute atomic E-state index is 0.0260. The van der Waals surface area contributed by atoms with E-state index in [1.54, 1.807) is 18.2 Å². The van der Waals surface area contributed by atoms with Crippen LogP contribution >= 0.6 is 11.6 Å². The molecule has 0 aromatic heterocycles. The lowest BCUT2D eigenvalue weighted by Gasteiger charge is -2.09. The van der Waals surface area contributed by atoms with Gasteiger partial charge in [-0.25, -0.2) is 0 Å². The molecule has 0 saturated carbocycles. The average molecular weight is 273 g/mol. The van der Waals surface area contributed by atoms with E-state index in [1.165, 1.54) is 0 Å². The summed E-state index contributed by atoms with van der Waals surface area (Å²) in [5.74, 6) is 0. The Hall–Kier alpha value is -2.02. The summed E-state index contributed by atoms with van der Waals surface area (Å²) in [4.78, 5) is 0. The molecular weight excluding hydrogens is 260 g/mol. The SMILES string of the molecule is N#Cc1cc(Cl)ccc1NCc1cccc(CO)c1. The van der Waals surface area contributed by atoms with E-state index in [4.69, 9.17) is 22.0 Å². The Balaban J connectivity index is 2.12. The Bertz CT molecular complexity index is 620. The quantitative estimate of drug-likeness (QED) is 0.898. The third-order valence-electron chi connectivity index (χ3n) is 2.76. The van der Waals surface area contributed by atoms with Crippen LogP contribution in [0.5, 0.6) is 0 Å². The maximum Gasteiger partial charge on any atom is 0.101 e. The van der Waals surface area contributed by atoms with E-state index in [-0.39, 0.29) is 6.61 Å². The summed E-state index contributed by atoms with van der Waals surface area (Å²) < 4.78 is 0. The summed E-state index contributed by atoms with van der Waals surface area (Å²) in [6.45, 7) is 0.613. The Morgan fingerprint density at radius 2 is 1.95 bits per heavy atom. The summed E-state index contributed by atoms with van der Waals surface area (Å²) in [7, 11) is 0. The largest absolute Gasteiger partial charge is 0.392 e. The summed E-state index contributed by atoms with van der Waals surface area (Å²) >= 11 is 5.85. The number of nitriles is 1. The lowest BCUT2D eigenvalue weighted by Crippen LogP contribution is -2.01. The van der Waals surface area contributed by atoms with E-state index in [2.05, 4.69) is 11.4 Å². The Morgan fingerprint density at radius 1 is 1.16 bits per heavy atom. The molecule has 4 heteroatoms. The number of hydrogen-bond donors (Lipinski definition) is 2. The van der Waals surface area contributed by atoms with Crippen molar-refractivity contribution in [1.82, 2.24) is 0 Å². The predicted molar refractivity (Wildman–Crippen MR) is 75.9 cm³/mol. The summed E-state index contributed by atoms with van der Waals surface area (Å²) in [5, 5.41) is 21.9. The number of nitrogens with zero attached hydrogens (tertiary/aromatic N) is 1. The molecule has 3 nitrogen and oxygen atoms in total. The van der Waals surface area contributed by atoms with Crippen molar-refractivity contribution in [1.29, 1.82) is 5.26 Å². The number of hydrogen-bond acceptors (Lipinski definition) is 3. The van der Waals surface area contributed by atoms with Gasteiger partial charge in [-0.05, 0) is 29.3 Å². The van der Waals surface area contributed by atoms with Gasteiger partial charge in [0.2, 0.25) is 0 Å². The molecule has 2 aromatic rings. The lowest BCUT2D eigenvalue weighted by atomic mass is 10.1. The van der Waals surface area contributed by atoms with Crippen LogP contribution < -0.4 is 5.32 Å². The molecule has 2 aromatic carbocycles. The number of aliphatic hydroxyl groups is 1. The molecule has 0 radical (unpaired) electrons. The maximum atomic E-state index is 9.08. The number of anilines is 1. The van der Waals surface area contributed by atoms with E-state index in [9.17, 15) is 0 Å². The average Bonchev–Trinajstić information content (AvgIpc) is 2.46. The molecule has 0 fully saturated rings. The van der Waals surface area contributed by atoms with Crippen molar-refractivity contribution in [3.8, 4) is 6.07 Å². The summed E-state index contributed by atoms with van der Waals surface area (Å²) in [6.07, 6.45) is 0. The minimum Gasteiger partial charge on any atom is -0.392 e. The zero-order chi connectivity index (χ0) is 13.7. The van der Waals surface area contributed by atoms with E-state index in [0.29, 0.717) is 17.1 Å². The van der Waals surface area contributed by atoms with Gasteiger partial charge in [-0.2, -0.15) is 5.26 Å². The van der Waals surface area contributed by atoms with Crippen molar-refractivity contribution in [2.75, 3.05) is 5.32 Å². The van der Waals surface area contributed by atoms with Crippen molar-refractivity contribution in [3.05, 3.63) is 64.2 Å². The molecule has 0 aliphatic rings. The van der Waals surface area contributed by atoms with Crippen LogP contribution in [0.1, 0.15) is 16.7 Å². The fourth-order valence-corrected chi connectivity index (χ4v) is 1.97. The molecule has 2 N–H and O–H groups in total. The van der Waals surface area contributed by atoms with Crippen molar-refractivity contribution < 1.29 is 5.11 Å². The Kier molecular flexibility index (Phi) is 4.40. The van der Waals surface area contributed by atoms with Crippen LogP contribution in [0.25, 0.3) is 0 Å². The molecule has 0 aliphatic heterocycles. The van der Waals surface area contributed by atoms with Crippen LogP contribution in [0.4, 0.5) is 5.69 Å². The van der Waals surface area contributed by atoms with Gasteiger partial charge < -0.3 is 10.4 Å². The minimum atomic E-state index is 0.0260. The standard InChI is InChI=1S/C15H13ClN2O/c16-14-4-5-15(13(7-14)8-17)18-9-11-2-1-3-12(6-11)10-19/h1-7,18-19H,9-10H2. The second kappa shape index (κ2) is 6.24. The third kappa shape index (κ3) is 3.47. The molecular formula is C15H13ClN2O. The molecule has 0 amide bonds. The Morgan fingerprint density at radius 3 is 2.68 bits per heavy atom. The highest BCUT2D eigenvalue weighted by molar-refractivity contribution is 6.30. The fourth-order valence-electron chi connectivity index (χ4n) is 1.80. The van der Waals surface area contributed by atoms with Gasteiger partial charge >= 0.3 is 0 Å². The first kappa shape index (κ1) is 13.4. The molecule has 0 aliphatic carbocycles. The molecule has 2 rings (SSSR count). The van der Waals surface area contributed by atoms with E-state index in [1.807, 2.05) is 24.3 Å². The van der Waals surface area contributed by atoms with Gasteiger partial charge in [0.1, 0.15) is 6.07 Å². The number of benzene rings is 2. The third-order valence-corrected chi connectivity index (χ3v) is 2.99. The molecule has 0 unspecified atom stereocenters. The number of rotatable bonds is 4. The van der Waals surface area contributed by atoms with Crippen molar-refractivity contribution >= 4 is 17.3 Å². The molecule has 0 atom stereocenters. The topological polar surface area (TPSA) is 56.0 Å². The highest BCUT2D eigenvalue weighted by Crippen LogP contribution is 2.20. The molecule has 0 heterocycles. The maximum absolute atomic E-state index is 9.08. The molecule has 96 valence electrons. The lowest BCUT2D eigenvalue weighted by molar-refractivity contribution is 0.281. The van der Waals surface area contributed by atoms with Crippen molar-refractivity contribution in [3.63, 3.8) is 0 Å². The van der Waals surface area contributed by atoms with Crippen molar-refractivity contribution in [2.24, 2.45) is 0 Å². The van der Waals surface area contributed by atoms with Gasteiger partial charge in [0, 0.05) is 11.6 Å². The van der Waals surface area contributed by atoms with Crippen LogP contribution in [0.15, 0.2) is 42.5 Å². The molecule has 19 heavy (non-hydrogen) atoms. The number of nitrogens with one attached hydrogen (secondary N) is 1. The van der Waals surface area contributed by atoms with E-state index < -0.39 is 0 Å². The van der Waals surface area contributed by atoms with Crippen LogP contribution in [0, 0.1) is 11.3 Å². The number of aliphatic hydroxyl groups excluding tert-OH is 1. The first-order valence-electron chi connectivity index (χ1n) is 5.85. The monoisotopic (exact) mass is 272 g/mol. The predicted octanol–water partition coefficient (Wildman–Crippen LogP) is 3.32. The van der Waals surface area contributed by atoms with Crippen molar-refractivity contribution in [2.45, 2.75) is 13.2 Å². The smallest absolute Gasteiger partial charge is 0.101 e. The highest BCUT2D eigenvalue weighted by Gasteiger charge is 2.03. The first-order chi connectivity index (χ1) is 9.22. The Labute approximate surface area is 117 Å². The first-order valence-corrected chi connectivity index (χ1v) is 6.23. The van der Waals surface area contributed by atoms with Gasteiger partial charge in [-0.3, -0.25) is 0 Å². The second-order valence-corrected chi connectivity index (χ2v) is 4.57.